The molecule has 26 heavy (non-hydrogen) atoms. The molecule has 1 amide bonds. The van der Waals surface area contributed by atoms with Crippen molar-refractivity contribution in [2.45, 2.75) is 52.0 Å². The average molecular weight is 383 g/mol. The molecular formula is C20H25ClF2N2O. The van der Waals surface area contributed by atoms with Crippen LogP contribution in [0.3, 0.4) is 0 Å². The first-order valence-electron chi connectivity index (χ1n) is 9.29. The molecule has 2 unspecified atom stereocenters. The van der Waals surface area contributed by atoms with Crippen LogP contribution in [-0.4, -0.2) is 23.4 Å². The van der Waals surface area contributed by atoms with Crippen LogP contribution < -0.4 is 5.32 Å². The Morgan fingerprint density at radius 3 is 2.92 bits per heavy atom. The van der Waals surface area contributed by atoms with E-state index in [1.165, 1.54) is 12.8 Å². The van der Waals surface area contributed by atoms with E-state index >= 15 is 0 Å². The van der Waals surface area contributed by atoms with Gasteiger partial charge in [0.25, 0.3) is 5.91 Å². The van der Waals surface area contributed by atoms with Crippen molar-refractivity contribution in [2.24, 2.45) is 11.8 Å². The third-order valence-corrected chi connectivity index (χ3v) is 5.60. The van der Waals surface area contributed by atoms with Crippen LogP contribution in [0.2, 0.25) is 5.02 Å². The summed E-state index contributed by atoms with van der Waals surface area (Å²) in [6.07, 6.45) is 3.77. The lowest BCUT2D eigenvalue weighted by Crippen LogP contribution is -2.31. The fourth-order valence-electron chi connectivity index (χ4n) is 3.98. The summed E-state index contributed by atoms with van der Waals surface area (Å²) in [5.74, 6) is 1.03. The van der Waals surface area contributed by atoms with Gasteiger partial charge in [-0.2, -0.15) is 0 Å². The number of carbonyl (C=O) groups is 1. The van der Waals surface area contributed by atoms with Gasteiger partial charge in [-0.05, 0) is 36.8 Å². The second kappa shape index (κ2) is 8.38. The standard InChI is InChI=1S/C20H25ClF2N2O/c1-13-4-2-5-14(10-13)11-24-20(26)15-12-25(9-8-18(22)23)17-7-3-6-16(21)19(15)17/h3,6-7,12-14,18H,2,4-5,8-11H2,1H3,(H,24,26). The van der Waals surface area contributed by atoms with Gasteiger partial charge in [-0.3, -0.25) is 4.79 Å². The predicted molar refractivity (Wildman–Crippen MR) is 101 cm³/mol. The molecule has 1 fully saturated rings. The van der Waals surface area contributed by atoms with Crippen LogP contribution in [0.5, 0.6) is 0 Å². The van der Waals surface area contributed by atoms with Crippen LogP contribution in [-0.2, 0) is 6.54 Å². The van der Waals surface area contributed by atoms with E-state index in [0.717, 1.165) is 18.4 Å². The number of rotatable bonds is 6. The molecule has 0 saturated heterocycles. The van der Waals surface area contributed by atoms with Gasteiger partial charge >= 0.3 is 0 Å². The maximum atomic E-state index is 12.8. The van der Waals surface area contributed by atoms with Crippen LogP contribution in [0.4, 0.5) is 8.78 Å². The molecule has 3 nitrogen and oxygen atoms in total. The summed E-state index contributed by atoms with van der Waals surface area (Å²) in [7, 11) is 0. The highest BCUT2D eigenvalue weighted by Crippen LogP contribution is 2.30. The van der Waals surface area contributed by atoms with Crippen molar-refractivity contribution in [1.29, 1.82) is 0 Å². The van der Waals surface area contributed by atoms with E-state index in [4.69, 9.17) is 11.6 Å². The fourth-order valence-corrected chi connectivity index (χ4v) is 4.25. The summed E-state index contributed by atoms with van der Waals surface area (Å²) in [5.41, 5.74) is 1.18. The summed E-state index contributed by atoms with van der Waals surface area (Å²) < 4.78 is 26.9. The molecule has 0 radical (unpaired) electrons. The molecule has 1 aliphatic rings. The lowest BCUT2D eigenvalue weighted by Gasteiger charge is -2.26. The molecule has 0 bridgehead atoms. The second-order valence-electron chi connectivity index (χ2n) is 7.40. The van der Waals surface area contributed by atoms with Gasteiger partial charge in [0, 0.05) is 31.1 Å². The number of alkyl halides is 2. The van der Waals surface area contributed by atoms with E-state index in [1.54, 1.807) is 22.9 Å². The molecule has 1 N–H and O–H groups in total. The predicted octanol–water partition coefficient (Wildman–Crippen LogP) is 5.51. The molecule has 142 valence electrons. The zero-order chi connectivity index (χ0) is 18.7. The normalized spacial score (nSPS) is 20.7. The molecule has 3 rings (SSSR count). The largest absolute Gasteiger partial charge is 0.352 e. The van der Waals surface area contributed by atoms with Gasteiger partial charge in [0.2, 0.25) is 6.43 Å². The Balaban J connectivity index is 1.78. The van der Waals surface area contributed by atoms with Crippen LogP contribution >= 0.6 is 11.6 Å². The number of benzene rings is 1. The number of carbonyl (C=O) groups excluding carboxylic acids is 1. The Morgan fingerprint density at radius 2 is 2.19 bits per heavy atom. The lowest BCUT2D eigenvalue weighted by molar-refractivity contribution is 0.0942. The van der Waals surface area contributed by atoms with Crippen molar-refractivity contribution in [3.63, 3.8) is 0 Å². The van der Waals surface area contributed by atoms with Crippen molar-refractivity contribution < 1.29 is 13.6 Å². The number of hydrogen-bond donors (Lipinski definition) is 1. The number of fused-ring (bicyclic) bond motifs is 1. The molecule has 1 aromatic carbocycles. The van der Waals surface area contributed by atoms with Crippen molar-refractivity contribution in [1.82, 2.24) is 9.88 Å². The first-order valence-corrected chi connectivity index (χ1v) is 9.67. The van der Waals surface area contributed by atoms with Gasteiger partial charge in [0.15, 0.2) is 0 Å². The Bertz CT molecular complexity index is 775. The molecule has 1 aromatic heterocycles. The van der Waals surface area contributed by atoms with Gasteiger partial charge in [-0.15, -0.1) is 0 Å². The molecule has 1 saturated carbocycles. The monoisotopic (exact) mass is 382 g/mol. The zero-order valence-electron chi connectivity index (χ0n) is 15.0. The van der Waals surface area contributed by atoms with Gasteiger partial charge in [0.05, 0.1) is 16.1 Å². The lowest BCUT2D eigenvalue weighted by atomic mass is 9.82. The maximum Gasteiger partial charge on any atom is 0.253 e. The highest BCUT2D eigenvalue weighted by atomic mass is 35.5. The molecule has 0 spiro atoms. The molecule has 6 heteroatoms. The number of halogens is 3. The van der Waals surface area contributed by atoms with Crippen molar-refractivity contribution >= 4 is 28.4 Å². The van der Waals surface area contributed by atoms with Crippen LogP contribution in [0.1, 0.15) is 49.4 Å². The highest BCUT2D eigenvalue weighted by molar-refractivity contribution is 6.36. The van der Waals surface area contributed by atoms with Crippen LogP contribution in [0.15, 0.2) is 24.4 Å². The molecule has 2 aromatic rings. The number of aryl methyl sites for hydroxylation is 1. The van der Waals surface area contributed by atoms with Gasteiger partial charge in [0.1, 0.15) is 0 Å². The summed E-state index contributed by atoms with van der Waals surface area (Å²) in [4.78, 5) is 12.8. The number of hydrogen-bond acceptors (Lipinski definition) is 1. The van der Waals surface area contributed by atoms with Crippen molar-refractivity contribution in [3.8, 4) is 0 Å². The minimum atomic E-state index is -2.38. The zero-order valence-corrected chi connectivity index (χ0v) is 15.7. The number of aromatic nitrogens is 1. The third kappa shape index (κ3) is 4.37. The third-order valence-electron chi connectivity index (χ3n) is 5.28. The highest BCUT2D eigenvalue weighted by Gasteiger charge is 2.22. The first kappa shape index (κ1) is 19.2. The van der Waals surface area contributed by atoms with E-state index in [0.29, 0.717) is 34.4 Å². The van der Waals surface area contributed by atoms with Gasteiger partial charge < -0.3 is 9.88 Å². The smallest absolute Gasteiger partial charge is 0.253 e. The Hall–Kier alpha value is -1.62. The van der Waals surface area contributed by atoms with E-state index in [9.17, 15) is 13.6 Å². The topological polar surface area (TPSA) is 34.0 Å². The molecular weight excluding hydrogens is 358 g/mol. The molecule has 1 heterocycles. The van der Waals surface area contributed by atoms with E-state index in [2.05, 4.69) is 12.2 Å². The van der Waals surface area contributed by atoms with Crippen LogP contribution in [0, 0.1) is 11.8 Å². The Kier molecular flexibility index (Phi) is 6.17. The Morgan fingerprint density at radius 1 is 1.38 bits per heavy atom. The minimum absolute atomic E-state index is 0.155. The first-order chi connectivity index (χ1) is 12.5. The minimum Gasteiger partial charge on any atom is -0.352 e. The van der Waals surface area contributed by atoms with E-state index < -0.39 is 6.43 Å². The molecule has 1 aliphatic carbocycles. The van der Waals surface area contributed by atoms with Gasteiger partial charge in [-0.25, -0.2) is 8.78 Å². The van der Waals surface area contributed by atoms with Crippen LogP contribution in [0.25, 0.3) is 10.9 Å². The quantitative estimate of drug-likeness (QED) is 0.702. The number of nitrogens with zero attached hydrogens (tertiary/aromatic N) is 1. The summed E-state index contributed by atoms with van der Waals surface area (Å²) in [6, 6.07) is 5.31. The second-order valence-corrected chi connectivity index (χ2v) is 7.80. The van der Waals surface area contributed by atoms with E-state index in [-0.39, 0.29) is 18.9 Å². The van der Waals surface area contributed by atoms with E-state index in [1.807, 2.05) is 6.07 Å². The van der Waals surface area contributed by atoms with Gasteiger partial charge in [-0.1, -0.05) is 37.4 Å². The summed E-state index contributed by atoms with van der Waals surface area (Å²) in [6.45, 7) is 3.06. The summed E-state index contributed by atoms with van der Waals surface area (Å²) >= 11 is 6.31. The number of amides is 1. The summed E-state index contributed by atoms with van der Waals surface area (Å²) in [5, 5.41) is 4.13. The average Bonchev–Trinajstić information content (AvgIpc) is 2.98. The van der Waals surface area contributed by atoms with Crippen molar-refractivity contribution in [2.75, 3.05) is 6.54 Å². The molecule has 2 atom stereocenters. The molecule has 0 aliphatic heterocycles. The SMILES string of the molecule is CC1CCCC(CNC(=O)c2cn(CCC(F)F)c3cccc(Cl)c23)C1. The maximum absolute atomic E-state index is 12.8. The van der Waals surface area contributed by atoms with Crippen molar-refractivity contribution in [3.05, 3.63) is 35.0 Å². The fraction of sp³-hybridized carbons (Fsp3) is 0.550. The number of nitrogens with one attached hydrogen (secondary N) is 1. The Labute approximate surface area is 157 Å².